The first kappa shape index (κ1) is 19.6. The Morgan fingerprint density at radius 1 is 1.42 bits per heavy atom. The van der Waals surface area contributed by atoms with E-state index in [1.165, 1.54) is 12.0 Å². The Morgan fingerprint density at radius 2 is 2.08 bits per heavy atom. The molecule has 3 heteroatoms. The van der Waals surface area contributed by atoms with Crippen molar-refractivity contribution in [2.75, 3.05) is 0 Å². The topological polar surface area (TPSA) is 26.3 Å². The molecule has 2 rings (SSSR count). The molecule has 0 aliphatic heterocycles. The van der Waals surface area contributed by atoms with E-state index < -0.39 is 8.32 Å². The van der Waals surface area contributed by atoms with Crippen LogP contribution >= 0.6 is 0 Å². The molecule has 24 heavy (non-hydrogen) atoms. The number of fused-ring (bicyclic) bond motifs is 1. The molecular formula is C21H36O2Si. The van der Waals surface area contributed by atoms with Crippen molar-refractivity contribution >= 4 is 14.1 Å². The molecule has 0 aromatic heterocycles. The van der Waals surface area contributed by atoms with Crippen LogP contribution in [0.1, 0.15) is 59.8 Å². The maximum atomic E-state index is 12.3. The van der Waals surface area contributed by atoms with E-state index in [-0.39, 0.29) is 16.9 Å². The fourth-order valence-electron chi connectivity index (χ4n) is 4.82. The van der Waals surface area contributed by atoms with Gasteiger partial charge >= 0.3 is 0 Å². The Balaban J connectivity index is 1.99. The van der Waals surface area contributed by atoms with E-state index in [9.17, 15) is 4.79 Å². The molecule has 0 radical (unpaired) electrons. The molecule has 0 heterocycles. The van der Waals surface area contributed by atoms with Crippen LogP contribution in [0.2, 0.25) is 19.6 Å². The number of allylic oxidation sites excluding steroid dienone is 3. The van der Waals surface area contributed by atoms with Gasteiger partial charge in [-0.1, -0.05) is 37.6 Å². The highest BCUT2D eigenvalue weighted by Gasteiger charge is 2.47. The van der Waals surface area contributed by atoms with Gasteiger partial charge in [0.1, 0.15) is 5.78 Å². The molecule has 2 nitrogen and oxygen atoms in total. The summed E-state index contributed by atoms with van der Waals surface area (Å²) < 4.78 is 6.25. The van der Waals surface area contributed by atoms with E-state index in [0.29, 0.717) is 11.7 Å². The van der Waals surface area contributed by atoms with Gasteiger partial charge in [0.2, 0.25) is 0 Å². The van der Waals surface area contributed by atoms with Crippen LogP contribution in [0.5, 0.6) is 0 Å². The molecule has 2 aliphatic rings. The molecular weight excluding hydrogens is 312 g/mol. The van der Waals surface area contributed by atoms with Crippen LogP contribution in [0.3, 0.4) is 0 Å². The van der Waals surface area contributed by atoms with Crippen molar-refractivity contribution in [1.82, 2.24) is 0 Å². The average Bonchev–Trinajstić information content (AvgIpc) is 2.74. The molecule has 3 unspecified atom stereocenters. The van der Waals surface area contributed by atoms with Gasteiger partial charge in [0.25, 0.3) is 0 Å². The van der Waals surface area contributed by atoms with Gasteiger partial charge < -0.3 is 4.43 Å². The maximum Gasteiger partial charge on any atom is 0.184 e. The van der Waals surface area contributed by atoms with Gasteiger partial charge in [-0.2, -0.15) is 0 Å². The molecule has 0 aromatic rings. The summed E-state index contributed by atoms with van der Waals surface area (Å²) >= 11 is 0. The molecule has 2 aliphatic carbocycles. The largest absolute Gasteiger partial charge is 0.409 e. The smallest absolute Gasteiger partial charge is 0.184 e. The number of carbonyl (C=O) groups excluding carboxylic acids is 1. The standard InChI is InChI=1S/C21H36O2Si/c1-16(10-8-14-20(2,3)23-24(5,6)7)17-12-13-18-19(22)11-9-15-21(17,18)4/h8,12,14,16,18H,9-11,13,15H2,1-7H3/b14-8+. The Morgan fingerprint density at radius 3 is 2.71 bits per heavy atom. The molecule has 0 saturated heterocycles. The third-order valence-corrected chi connectivity index (χ3v) is 6.76. The van der Waals surface area contributed by atoms with Crippen molar-refractivity contribution in [3.63, 3.8) is 0 Å². The van der Waals surface area contributed by atoms with E-state index in [4.69, 9.17) is 4.43 Å². The minimum atomic E-state index is -1.54. The highest BCUT2D eigenvalue weighted by atomic mass is 28.4. The fraction of sp³-hybridized carbons (Fsp3) is 0.762. The second-order valence-electron chi connectivity index (χ2n) is 9.54. The lowest BCUT2D eigenvalue weighted by Crippen LogP contribution is -2.37. The van der Waals surface area contributed by atoms with Crippen LogP contribution in [0.15, 0.2) is 23.8 Å². The first-order valence-corrected chi connectivity index (χ1v) is 13.0. The van der Waals surface area contributed by atoms with Crippen LogP contribution in [0, 0.1) is 17.3 Å². The second-order valence-corrected chi connectivity index (χ2v) is 14.0. The van der Waals surface area contributed by atoms with Gasteiger partial charge in [-0.25, -0.2) is 0 Å². The number of hydrogen-bond donors (Lipinski definition) is 0. The lowest BCUT2D eigenvalue weighted by atomic mass is 9.63. The maximum absolute atomic E-state index is 12.3. The highest BCUT2D eigenvalue weighted by molar-refractivity contribution is 6.69. The summed E-state index contributed by atoms with van der Waals surface area (Å²) in [4.78, 5) is 12.3. The lowest BCUT2D eigenvalue weighted by molar-refractivity contribution is -0.128. The Bertz CT molecular complexity index is 539. The number of rotatable bonds is 6. The first-order chi connectivity index (χ1) is 10.9. The normalized spacial score (nSPS) is 29.7. The van der Waals surface area contributed by atoms with Crippen LogP contribution in [0.25, 0.3) is 0 Å². The van der Waals surface area contributed by atoms with Gasteiger partial charge in [-0.3, -0.25) is 4.79 Å². The number of Topliss-reactive ketones (excluding diaryl/α,β-unsaturated/α-hetero) is 1. The van der Waals surface area contributed by atoms with Crippen LogP contribution in [0.4, 0.5) is 0 Å². The summed E-state index contributed by atoms with van der Waals surface area (Å²) in [5, 5.41) is 0. The molecule has 0 spiro atoms. The van der Waals surface area contributed by atoms with Crippen molar-refractivity contribution in [3.05, 3.63) is 23.8 Å². The third-order valence-electron chi connectivity index (χ3n) is 5.62. The van der Waals surface area contributed by atoms with Gasteiger partial charge in [-0.15, -0.1) is 0 Å². The fourth-order valence-corrected chi connectivity index (χ4v) is 6.47. The zero-order chi connectivity index (χ0) is 18.2. The van der Waals surface area contributed by atoms with E-state index in [0.717, 1.165) is 25.7 Å². The Hall–Kier alpha value is -0.673. The SMILES string of the molecule is CC(C/C=C/C(C)(C)O[Si](C)(C)C)C1=CCC2C(=O)CCCC12C. The van der Waals surface area contributed by atoms with E-state index in [2.05, 4.69) is 65.6 Å². The molecule has 0 bridgehead atoms. The van der Waals surface area contributed by atoms with Crippen molar-refractivity contribution in [3.8, 4) is 0 Å². The summed E-state index contributed by atoms with van der Waals surface area (Å²) in [6.07, 6.45) is 11.9. The highest BCUT2D eigenvalue weighted by Crippen LogP contribution is 2.53. The summed E-state index contributed by atoms with van der Waals surface area (Å²) in [7, 11) is -1.54. The summed E-state index contributed by atoms with van der Waals surface area (Å²) in [5.74, 6) is 1.24. The van der Waals surface area contributed by atoms with E-state index >= 15 is 0 Å². The predicted molar refractivity (Wildman–Crippen MR) is 105 cm³/mol. The van der Waals surface area contributed by atoms with E-state index in [1.54, 1.807) is 0 Å². The van der Waals surface area contributed by atoms with Crippen LogP contribution in [-0.4, -0.2) is 19.7 Å². The monoisotopic (exact) mass is 348 g/mol. The van der Waals surface area contributed by atoms with Crippen molar-refractivity contribution < 1.29 is 9.22 Å². The minimum absolute atomic E-state index is 0.118. The number of hydrogen-bond acceptors (Lipinski definition) is 2. The Kier molecular flexibility index (Phi) is 5.66. The zero-order valence-corrected chi connectivity index (χ0v) is 17.7. The lowest BCUT2D eigenvalue weighted by Gasteiger charge is -2.40. The third kappa shape index (κ3) is 4.48. The van der Waals surface area contributed by atoms with Gasteiger partial charge in [-0.05, 0) is 70.5 Å². The summed E-state index contributed by atoms with van der Waals surface area (Å²) in [6, 6.07) is 0. The van der Waals surface area contributed by atoms with Crippen LogP contribution in [-0.2, 0) is 9.22 Å². The van der Waals surface area contributed by atoms with Crippen molar-refractivity contribution in [2.24, 2.45) is 17.3 Å². The zero-order valence-electron chi connectivity index (χ0n) is 16.7. The molecule has 0 amide bonds. The molecule has 1 saturated carbocycles. The molecule has 0 aromatic carbocycles. The second kappa shape index (κ2) is 6.91. The number of ketones is 1. The molecule has 136 valence electrons. The first-order valence-electron chi connectivity index (χ1n) is 9.56. The van der Waals surface area contributed by atoms with Crippen molar-refractivity contribution in [1.29, 1.82) is 0 Å². The molecule has 3 atom stereocenters. The summed E-state index contributed by atoms with van der Waals surface area (Å²) in [5.41, 5.74) is 1.45. The van der Waals surface area contributed by atoms with Crippen molar-refractivity contribution in [2.45, 2.75) is 85.0 Å². The minimum Gasteiger partial charge on any atom is -0.409 e. The van der Waals surface area contributed by atoms with Gasteiger partial charge in [0.15, 0.2) is 8.32 Å². The van der Waals surface area contributed by atoms with E-state index in [1.807, 2.05) is 0 Å². The van der Waals surface area contributed by atoms with Gasteiger partial charge in [0.05, 0.1) is 5.60 Å². The average molecular weight is 349 g/mol. The quantitative estimate of drug-likeness (QED) is 0.441. The Labute approximate surface area is 149 Å². The summed E-state index contributed by atoms with van der Waals surface area (Å²) in [6.45, 7) is 15.6. The van der Waals surface area contributed by atoms with Gasteiger partial charge in [0, 0.05) is 12.3 Å². The predicted octanol–water partition coefficient (Wildman–Crippen LogP) is 5.90. The molecule has 0 N–H and O–H groups in total. The molecule has 1 fully saturated rings. The van der Waals surface area contributed by atoms with Crippen LogP contribution < -0.4 is 0 Å². The number of carbonyl (C=O) groups is 1.